The predicted molar refractivity (Wildman–Crippen MR) is 94.6 cm³/mol. The lowest BCUT2D eigenvalue weighted by Gasteiger charge is -2.39. The molecule has 132 valence electrons. The molecular formula is C17H22Cl2N2O3. The van der Waals surface area contributed by atoms with Crippen molar-refractivity contribution in [2.24, 2.45) is 5.41 Å². The molecule has 1 atom stereocenters. The van der Waals surface area contributed by atoms with Gasteiger partial charge >= 0.3 is 0 Å². The lowest BCUT2D eigenvalue weighted by atomic mass is 9.81. The van der Waals surface area contributed by atoms with Crippen molar-refractivity contribution < 1.29 is 14.3 Å². The van der Waals surface area contributed by atoms with Crippen LogP contribution in [0.4, 0.5) is 0 Å². The topological polar surface area (TPSA) is 58.6 Å². The van der Waals surface area contributed by atoms with Gasteiger partial charge in [-0.25, -0.2) is 0 Å². The van der Waals surface area contributed by atoms with Crippen LogP contribution < -0.4 is 10.1 Å². The molecule has 1 aliphatic heterocycles. The normalized spacial score (nSPS) is 20.6. The summed E-state index contributed by atoms with van der Waals surface area (Å²) in [5, 5.41) is 3.72. The molecule has 0 aromatic heterocycles. The zero-order valence-electron chi connectivity index (χ0n) is 13.9. The average molecular weight is 373 g/mol. The van der Waals surface area contributed by atoms with Crippen LogP contribution in [-0.2, 0) is 9.59 Å². The van der Waals surface area contributed by atoms with Crippen molar-refractivity contribution in [3.8, 4) is 5.75 Å². The zero-order chi connectivity index (χ0) is 17.7. The first-order valence-corrected chi connectivity index (χ1v) is 8.75. The smallest absolute Gasteiger partial charge is 0.260 e. The zero-order valence-corrected chi connectivity index (χ0v) is 15.4. The summed E-state index contributed by atoms with van der Waals surface area (Å²) < 4.78 is 5.50. The molecule has 2 amide bonds. The minimum atomic E-state index is -0.554. The maximum atomic E-state index is 12.4. The molecule has 1 aromatic carbocycles. The van der Waals surface area contributed by atoms with Gasteiger partial charge in [-0.2, -0.15) is 0 Å². The standard InChI is InChI=1S/C17H22Cl2N2O3/c1-3-20-16(23)17(2)7-4-8-21(11-17)15(22)10-24-14-6-5-12(18)9-13(14)19/h5-6,9H,3-4,7-8,10-11H2,1-2H3,(H,20,23). The van der Waals surface area contributed by atoms with Crippen molar-refractivity contribution in [3.05, 3.63) is 28.2 Å². The highest BCUT2D eigenvalue weighted by Crippen LogP contribution is 2.30. The molecule has 0 spiro atoms. The van der Waals surface area contributed by atoms with E-state index in [1.54, 1.807) is 23.1 Å². The Labute approximate surface area is 152 Å². The van der Waals surface area contributed by atoms with Crippen LogP contribution in [0.2, 0.25) is 10.0 Å². The van der Waals surface area contributed by atoms with Crippen LogP contribution in [-0.4, -0.2) is 43.0 Å². The number of hydrogen-bond acceptors (Lipinski definition) is 3. The summed E-state index contributed by atoms with van der Waals surface area (Å²) >= 11 is 11.9. The van der Waals surface area contributed by atoms with E-state index < -0.39 is 5.41 Å². The number of carbonyl (C=O) groups is 2. The number of likely N-dealkylation sites (tertiary alicyclic amines) is 1. The lowest BCUT2D eigenvalue weighted by molar-refractivity contribution is -0.141. The first kappa shape index (κ1) is 18.9. The van der Waals surface area contributed by atoms with E-state index in [1.807, 2.05) is 13.8 Å². The second-order valence-electron chi connectivity index (χ2n) is 6.20. The Morgan fingerprint density at radius 2 is 2.12 bits per heavy atom. The Morgan fingerprint density at radius 3 is 2.79 bits per heavy atom. The van der Waals surface area contributed by atoms with E-state index in [9.17, 15) is 9.59 Å². The molecule has 0 bridgehead atoms. The van der Waals surface area contributed by atoms with Gasteiger partial charge in [-0.05, 0) is 44.9 Å². The number of halogens is 2. The highest BCUT2D eigenvalue weighted by atomic mass is 35.5. The van der Waals surface area contributed by atoms with Crippen molar-refractivity contribution in [3.63, 3.8) is 0 Å². The maximum Gasteiger partial charge on any atom is 0.260 e. The van der Waals surface area contributed by atoms with Gasteiger partial charge in [0.15, 0.2) is 6.61 Å². The SMILES string of the molecule is CCNC(=O)C1(C)CCCN(C(=O)COc2ccc(Cl)cc2Cl)C1. The van der Waals surface area contributed by atoms with E-state index in [0.29, 0.717) is 35.4 Å². The van der Waals surface area contributed by atoms with Crippen molar-refractivity contribution in [2.45, 2.75) is 26.7 Å². The predicted octanol–water partition coefficient (Wildman–Crippen LogP) is 3.14. The summed E-state index contributed by atoms with van der Waals surface area (Å²) in [6, 6.07) is 4.85. The molecule has 1 N–H and O–H groups in total. The summed E-state index contributed by atoms with van der Waals surface area (Å²) in [7, 11) is 0. The Hall–Kier alpha value is -1.46. The Bertz CT molecular complexity index is 624. The number of benzene rings is 1. The summed E-state index contributed by atoms with van der Waals surface area (Å²) in [5.41, 5.74) is -0.554. The third kappa shape index (κ3) is 4.54. The number of nitrogens with one attached hydrogen (secondary N) is 1. The second kappa shape index (κ2) is 8.08. The van der Waals surface area contributed by atoms with Crippen LogP contribution in [0.15, 0.2) is 18.2 Å². The third-order valence-electron chi connectivity index (χ3n) is 4.18. The van der Waals surface area contributed by atoms with E-state index in [0.717, 1.165) is 12.8 Å². The third-order valence-corrected chi connectivity index (χ3v) is 4.71. The van der Waals surface area contributed by atoms with Crippen LogP contribution in [0.3, 0.4) is 0 Å². The molecule has 7 heteroatoms. The molecule has 0 saturated carbocycles. The van der Waals surface area contributed by atoms with Crippen molar-refractivity contribution in [2.75, 3.05) is 26.2 Å². The van der Waals surface area contributed by atoms with Crippen LogP contribution in [0, 0.1) is 5.41 Å². The van der Waals surface area contributed by atoms with Gasteiger partial charge in [-0.3, -0.25) is 9.59 Å². The fourth-order valence-corrected chi connectivity index (χ4v) is 3.30. The average Bonchev–Trinajstić information content (AvgIpc) is 2.54. The fraction of sp³-hybridized carbons (Fsp3) is 0.529. The van der Waals surface area contributed by atoms with Gasteiger partial charge < -0.3 is 15.0 Å². The molecule has 0 radical (unpaired) electrons. The quantitative estimate of drug-likeness (QED) is 0.863. The molecule has 1 aliphatic rings. The molecule has 1 fully saturated rings. The summed E-state index contributed by atoms with van der Waals surface area (Å²) in [6.45, 7) is 5.28. The van der Waals surface area contributed by atoms with Gasteiger partial charge in [0.2, 0.25) is 5.91 Å². The van der Waals surface area contributed by atoms with E-state index >= 15 is 0 Å². The van der Waals surface area contributed by atoms with E-state index in [4.69, 9.17) is 27.9 Å². The Balaban J connectivity index is 1.95. The fourth-order valence-electron chi connectivity index (χ4n) is 2.83. The summed E-state index contributed by atoms with van der Waals surface area (Å²) in [4.78, 5) is 26.3. The minimum absolute atomic E-state index is 0.0100. The largest absolute Gasteiger partial charge is 0.482 e. The van der Waals surface area contributed by atoms with Crippen LogP contribution >= 0.6 is 23.2 Å². The highest BCUT2D eigenvalue weighted by molar-refractivity contribution is 6.35. The molecule has 1 unspecified atom stereocenters. The number of nitrogens with zero attached hydrogens (tertiary/aromatic N) is 1. The number of carbonyl (C=O) groups excluding carboxylic acids is 2. The van der Waals surface area contributed by atoms with E-state index in [1.165, 1.54) is 0 Å². The van der Waals surface area contributed by atoms with E-state index in [2.05, 4.69) is 5.32 Å². The number of ether oxygens (including phenoxy) is 1. The van der Waals surface area contributed by atoms with Gasteiger partial charge in [0.1, 0.15) is 5.75 Å². The first-order valence-electron chi connectivity index (χ1n) is 7.99. The van der Waals surface area contributed by atoms with E-state index in [-0.39, 0.29) is 18.4 Å². The van der Waals surface area contributed by atoms with Crippen molar-refractivity contribution in [1.29, 1.82) is 0 Å². The molecular weight excluding hydrogens is 351 g/mol. The number of hydrogen-bond donors (Lipinski definition) is 1. The molecule has 0 aliphatic carbocycles. The van der Waals surface area contributed by atoms with Gasteiger partial charge in [-0.1, -0.05) is 23.2 Å². The molecule has 2 rings (SSSR count). The Kier molecular flexibility index (Phi) is 6.35. The van der Waals surface area contributed by atoms with Crippen LogP contribution in [0.1, 0.15) is 26.7 Å². The van der Waals surface area contributed by atoms with Crippen molar-refractivity contribution in [1.82, 2.24) is 10.2 Å². The Morgan fingerprint density at radius 1 is 1.38 bits per heavy atom. The van der Waals surface area contributed by atoms with Gasteiger partial charge in [0, 0.05) is 24.7 Å². The highest BCUT2D eigenvalue weighted by Gasteiger charge is 2.39. The van der Waals surface area contributed by atoms with Crippen molar-refractivity contribution >= 4 is 35.0 Å². The van der Waals surface area contributed by atoms with Gasteiger partial charge in [0.25, 0.3) is 5.91 Å². The summed E-state index contributed by atoms with van der Waals surface area (Å²) in [5.74, 6) is 0.248. The van der Waals surface area contributed by atoms with Gasteiger partial charge in [0.05, 0.1) is 10.4 Å². The first-order chi connectivity index (χ1) is 11.4. The van der Waals surface area contributed by atoms with Gasteiger partial charge in [-0.15, -0.1) is 0 Å². The molecule has 1 heterocycles. The van der Waals surface area contributed by atoms with Crippen LogP contribution in [0.25, 0.3) is 0 Å². The molecule has 5 nitrogen and oxygen atoms in total. The number of piperidine rings is 1. The molecule has 1 aromatic rings. The van der Waals surface area contributed by atoms with Crippen LogP contribution in [0.5, 0.6) is 5.75 Å². The number of rotatable bonds is 5. The minimum Gasteiger partial charge on any atom is -0.482 e. The molecule has 24 heavy (non-hydrogen) atoms. The summed E-state index contributed by atoms with van der Waals surface area (Å²) in [6.07, 6.45) is 1.56. The molecule has 1 saturated heterocycles. The lowest BCUT2D eigenvalue weighted by Crippen LogP contribution is -2.52. The second-order valence-corrected chi connectivity index (χ2v) is 7.05. The number of amides is 2. The monoisotopic (exact) mass is 372 g/mol. The maximum absolute atomic E-state index is 12.4.